The van der Waals surface area contributed by atoms with E-state index in [1.54, 1.807) is 11.8 Å². The van der Waals surface area contributed by atoms with Crippen molar-refractivity contribution in [2.45, 2.75) is 6.04 Å². The largest absolute Gasteiger partial charge is 0.321 e. The number of hydrogen-bond acceptors (Lipinski definition) is 3. The summed E-state index contributed by atoms with van der Waals surface area (Å²) in [6.45, 7) is 0. The standard InChI is InChI=1S/C4H9NOS/c1-7-3-4(5)2-6/h2,4H,3,5H2,1H3. The van der Waals surface area contributed by atoms with Crippen molar-refractivity contribution in [2.75, 3.05) is 12.0 Å². The molecule has 2 nitrogen and oxygen atoms in total. The summed E-state index contributed by atoms with van der Waals surface area (Å²) in [7, 11) is 0. The average Bonchev–Trinajstić information content (AvgIpc) is 1.68. The minimum atomic E-state index is -0.269. The molecule has 0 radical (unpaired) electrons. The molecule has 0 rings (SSSR count). The van der Waals surface area contributed by atoms with Gasteiger partial charge in [-0.1, -0.05) is 0 Å². The van der Waals surface area contributed by atoms with E-state index in [0.29, 0.717) is 0 Å². The van der Waals surface area contributed by atoms with Crippen LogP contribution < -0.4 is 5.73 Å². The van der Waals surface area contributed by atoms with E-state index < -0.39 is 0 Å². The number of rotatable bonds is 3. The first-order valence-corrected chi connectivity index (χ1v) is 3.40. The van der Waals surface area contributed by atoms with E-state index >= 15 is 0 Å². The first-order chi connectivity index (χ1) is 3.31. The van der Waals surface area contributed by atoms with Crippen LogP contribution in [0.2, 0.25) is 0 Å². The third-order valence-corrected chi connectivity index (χ3v) is 1.25. The molecule has 0 bridgehead atoms. The van der Waals surface area contributed by atoms with E-state index in [2.05, 4.69) is 0 Å². The molecule has 42 valence electrons. The highest BCUT2D eigenvalue weighted by Gasteiger charge is 1.93. The first kappa shape index (κ1) is 6.98. The van der Waals surface area contributed by atoms with Gasteiger partial charge in [-0.3, -0.25) is 0 Å². The van der Waals surface area contributed by atoms with Crippen LogP contribution in [0.5, 0.6) is 0 Å². The molecule has 0 aliphatic carbocycles. The predicted octanol–water partition coefficient (Wildman–Crippen LogP) is -0.124. The maximum absolute atomic E-state index is 9.76. The van der Waals surface area contributed by atoms with E-state index in [1.165, 1.54) is 0 Å². The van der Waals surface area contributed by atoms with Crippen LogP contribution in [0.25, 0.3) is 0 Å². The topological polar surface area (TPSA) is 43.1 Å². The zero-order valence-corrected chi connectivity index (χ0v) is 5.07. The summed E-state index contributed by atoms with van der Waals surface area (Å²) in [5, 5.41) is 0. The van der Waals surface area contributed by atoms with Crippen molar-refractivity contribution in [1.29, 1.82) is 0 Å². The van der Waals surface area contributed by atoms with Crippen molar-refractivity contribution in [3.63, 3.8) is 0 Å². The summed E-state index contributed by atoms with van der Waals surface area (Å²) in [6.07, 6.45) is 2.68. The van der Waals surface area contributed by atoms with Crippen molar-refractivity contribution in [3.05, 3.63) is 0 Å². The number of nitrogens with two attached hydrogens (primary N) is 1. The van der Waals surface area contributed by atoms with Crippen molar-refractivity contribution in [3.8, 4) is 0 Å². The number of thioether (sulfide) groups is 1. The molecule has 0 aromatic heterocycles. The maximum Gasteiger partial charge on any atom is 0.137 e. The van der Waals surface area contributed by atoms with Gasteiger partial charge in [0.2, 0.25) is 0 Å². The summed E-state index contributed by atoms with van der Waals surface area (Å²) in [5.41, 5.74) is 5.19. The van der Waals surface area contributed by atoms with Crippen LogP contribution in [0.4, 0.5) is 0 Å². The molecule has 0 aromatic rings. The molecule has 2 N–H and O–H groups in total. The lowest BCUT2D eigenvalue weighted by molar-refractivity contribution is -0.108. The number of aldehydes is 1. The Morgan fingerprint density at radius 1 is 2.00 bits per heavy atom. The molecule has 0 aliphatic heterocycles. The first-order valence-electron chi connectivity index (χ1n) is 2.01. The predicted molar refractivity (Wildman–Crippen MR) is 32.4 cm³/mol. The van der Waals surface area contributed by atoms with Gasteiger partial charge in [0, 0.05) is 5.75 Å². The second-order valence-electron chi connectivity index (χ2n) is 1.26. The molecule has 3 heteroatoms. The van der Waals surface area contributed by atoms with Gasteiger partial charge in [-0.15, -0.1) is 0 Å². The molecule has 0 fully saturated rings. The van der Waals surface area contributed by atoms with Crippen LogP contribution in [0.1, 0.15) is 0 Å². The Morgan fingerprint density at radius 2 is 2.57 bits per heavy atom. The molecular weight excluding hydrogens is 110 g/mol. The van der Waals surface area contributed by atoms with Crippen molar-refractivity contribution < 1.29 is 4.79 Å². The molecule has 0 amide bonds. The molecule has 1 atom stereocenters. The van der Waals surface area contributed by atoms with E-state index in [-0.39, 0.29) is 6.04 Å². The second kappa shape index (κ2) is 4.15. The second-order valence-corrected chi connectivity index (χ2v) is 2.17. The minimum absolute atomic E-state index is 0.269. The van der Waals surface area contributed by atoms with Gasteiger partial charge < -0.3 is 10.5 Å². The molecule has 7 heavy (non-hydrogen) atoms. The van der Waals surface area contributed by atoms with Crippen molar-refractivity contribution in [2.24, 2.45) is 5.73 Å². The highest BCUT2D eigenvalue weighted by Crippen LogP contribution is 1.90. The Labute approximate surface area is 47.5 Å². The molecule has 0 spiro atoms. The van der Waals surface area contributed by atoms with Crippen LogP contribution in [-0.2, 0) is 4.79 Å². The number of hydrogen-bond donors (Lipinski definition) is 1. The summed E-state index contributed by atoms with van der Waals surface area (Å²) < 4.78 is 0. The van der Waals surface area contributed by atoms with Crippen LogP contribution in [0.3, 0.4) is 0 Å². The van der Waals surface area contributed by atoms with Crippen molar-refractivity contribution >= 4 is 18.0 Å². The van der Waals surface area contributed by atoms with E-state index in [1.807, 2.05) is 6.26 Å². The SMILES string of the molecule is CSCC(N)C=O. The Bertz CT molecular complexity index is 57.7. The quantitative estimate of drug-likeness (QED) is 0.526. The van der Waals surface area contributed by atoms with Gasteiger partial charge in [0.25, 0.3) is 0 Å². The molecule has 0 aromatic carbocycles. The van der Waals surface area contributed by atoms with Gasteiger partial charge in [-0.25, -0.2) is 0 Å². The Morgan fingerprint density at radius 3 is 2.71 bits per heavy atom. The Balaban J connectivity index is 2.98. The lowest BCUT2D eigenvalue weighted by Gasteiger charge is -1.95. The molecule has 1 unspecified atom stereocenters. The fourth-order valence-electron chi connectivity index (χ4n) is 0.232. The average molecular weight is 119 g/mol. The van der Waals surface area contributed by atoms with Crippen LogP contribution >= 0.6 is 11.8 Å². The van der Waals surface area contributed by atoms with Gasteiger partial charge in [-0.05, 0) is 6.26 Å². The van der Waals surface area contributed by atoms with E-state index in [0.717, 1.165) is 12.0 Å². The zero-order chi connectivity index (χ0) is 5.70. The maximum atomic E-state index is 9.76. The van der Waals surface area contributed by atoms with Gasteiger partial charge >= 0.3 is 0 Å². The number of carbonyl (C=O) groups is 1. The van der Waals surface area contributed by atoms with Crippen LogP contribution in [0, 0.1) is 0 Å². The Hall–Kier alpha value is -0.0200. The van der Waals surface area contributed by atoms with E-state index in [9.17, 15) is 4.79 Å². The summed E-state index contributed by atoms with van der Waals surface area (Å²) in [6, 6.07) is -0.269. The molecular formula is C4H9NOS. The van der Waals surface area contributed by atoms with Gasteiger partial charge in [0.15, 0.2) is 0 Å². The van der Waals surface area contributed by atoms with Crippen LogP contribution in [0.15, 0.2) is 0 Å². The third kappa shape index (κ3) is 3.82. The van der Waals surface area contributed by atoms with Gasteiger partial charge in [0.05, 0.1) is 6.04 Å². The molecule has 0 saturated carbocycles. The summed E-state index contributed by atoms with van der Waals surface area (Å²) in [5.74, 6) is 0.726. The summed E-state index contributed by atoms with van der Waals surface area (Å²) >= 11 is 1.58. The van der Waals surface area contributed by atoms with E-state index in [4.69, 9.17) is 5.73 Å². The molecule has 0 heterocycles. The molecule has 0 saturated heterocycles. The fraction of sp³-hybridized carbons (Fsp3) is 0.750. The van der Waals surface area contributed by atoms with Gasteiger partial charge in [0.1, 0.15) is 6.29 Å². The highest BCUT2D eigenvalue weighted by atomic mass is 32.2. The Kier molecular flexibility index (Phi) is 4.14. The van der Waals surface area contributed by atoms with Gasteiger partial charge in [-0.2, -0.15) is 11.8 Å². The fourth-order valence-corrected chi connectivity index (χ4v) is 0.695. The van der Waals surface area contributed by atoms with Crippen molar-refractivity contribution in [1.82, 2.24) is 0 Å². The lowest BCUT2D eigenvalue weighted by Crippen LogP contribution is -2.23. The molecule has 0 aliphatic rings. The lowest BCUT2D eigenvalue weighted by atomic mass is 10.4. The minimum Gasteiger partial charge on any atom is -0.321 e. The smallest absolute Gasteiger partial charge is 0.137 e. The summed E-state index contributed by atoms with van der Waals surface area (Å²) in [4.78, 5) is 9.76. The normalized spacial score (nSPS) is 13.4. The zero-order valence-electron chi connectivity index (χ0n) is 4.26. The monoisotopic (exact) mass is 119 g/mol. The number of carbonyl (C=O) groups excluding carboxylic acids is 1. The third-order valence-electron chi connectivity index (χ3n) is 0.534. The highest BCUT2D eigenvalue weighted by molar-refractivity contribution is 7.98. The van der Waals surface area contributed by atoms with Crippen LogP contribution in [-0.4, -0.2) is 24.3 Å².